The van der Waals surface area contributed by atoms with Crippen LogP contribution in [0.15, 0.2) is 6.07 Å². The molecule has 1 aliphatic heterocycles. The molecule has 0 amide bonds. The van der Waals surface area contributed by atoms with Gasteiger partial charge in [-0.05, 0) is 37.3 Å². The summed E-state index contributed by atoms with van der Waals surface area (Å²) in [6.07, 6.45) is 4.82. The van der Waals surface area contributed by atoms with Gasteiger partial charge in [-0.15, -0.1) is 11.3 Å². The highest BCUT2D eigenvalue weighted by atomic mass is 35.5. The second-order valence-corrected chi connectivity index (χ2v) is 6.37. The number of fused-ring (bicyclic) bond motifs is 1. The fourth-order valence-electron chi connectivity index (χ4n) is 2.66. The molecule has 1 saturated heterocycles. The Bertz CT molecular complexity index is 373. The lowest BCUT2D eigenvalue weighted by molar-refractivity contribution is 0.0663. The van der Waals surface area contributed by atoms with Gasteiger partial charge in [0, 0.05) is 23.6 Å². The minimum absolute atomic E-state index is 0.505. The SMILES string of the molecule is Clc1cc2c(s1)CCC2NC1CCCOC1. The van der Waals surface area contributed by atoms with E-state index in [-0.39, 0.29) is 0 Å². The zero-order chi connectivity index (χ0) is 11.0. The van der Waals surface area contributed by atoms with Crippen molar-refractivity contribution in [2.24, 2.45) is 0 Å². The smallest absolute Gasteiger partial charge is 0.0934 e. The zero-order valence-electron chi connectivity index (χ0n) is 9.17. The highest BCUT2D eigenvalue weighted by molar-refractivity contribution is 7.16. The predicted molar refractivity (Wildman–Crippen MR) is 67.4 cm³/mol. The molecule has 1 aliphatic carbocycles. The van der Waals surface area contributed by atoms with Crippen molar-refractivity contribution < 1.29 is 4.74 Å². The first-order chi connectivity index (χ1) is 7.83. The Labute approximate surface area is 105 Å². The molecule has 4 heteroatoms. The number of hydrogen-bond acceptors (Lipinski definition) is 3. The van der Waals surface area contributed by atoms with Crippen LogP contribution in [0.1, 0.15) is 35.7 Å². The summed E-state index contributed by atoms with van der Waals surface area (Å²) in [5.41, 5.74) is 1.43. The van der Waals surface area contributed by atoms with Gasteiger partial charge >= 0.3 is 0 Å². The topological polar surface area (TPSA) is 21.3 Å². The lowest BCUT2D eigenvalue weighted by Gasteiger charge is -2.26. The van der Waals surface area contributed by atoms with E-state index >= 15 is 0 Å². The van der Waals surface area contributed by atoms with E-state index in [1.807, 2.05) is 0 Å². The number of nitrogens with one attached hydrogen (secondary N) is 1. The standard InChI is InChI=1S/C12H16ClNOS/c13-12-6-9-10(3-4-11(9)16-12)14-8-2-1-5-15-7-8/h6,8,10,14H,1-5,7H2. The van der Waals surface area contributed by atoms with Crippen LogP contribution in [0.3, 0.4) is 0 Å². The lowest BCUT2D eigenvalue weighted by Crippen LogP contribution is -2.38. The van der Waals surface area contributed by atoms with Gasteiger partial charge in [0.25, 0.3) is 0 Å². The van der Waals surface area contributed by atoms with E-state index < -0.39 is 0 Å². The first-order valence-corrected chi connectivity index (χ1v) is 7.14. The average molecular weight is 258 g/mol. The molecule has 0 bridgehead atoms. The summed E-state index contributed by atoms with van der Waals surface area (Å²) in [6, 6.07) is 3.17. The van der Waals surface area contributed by atoms with Crippen molar-refractivity contribution in [3.8, 4) is 0 Å². The van der Waals surface area contributed by atoms with Gasteiger partial charge in [-0.2, -0.15) is 0 Å². The molecule has 1 aromatic heterocycles. The molecular weight excluding hydrogens is 242 g/mol. The minimum atomic E-state index is 0.505. The van der Waals surface area contributed by atoms with Crippen LogP contribution < -0.4 is 5.32 Å². The van der Waals surface area contributed by atoms with Gasteiger partial charge in [0.05, 0.1) is 10.9 Å². The molecule has 2 aliphatic rings. The highest BCUT2D eigenvalue weighted by Crippen LogP contribution is 2.39. The fourth-order valence-corrected chi connectivity index (χ4v) is 4.02. The molecule has 1 aromatic rings. The Kier molecular flexibility index (Phi) is 3.20. The Balaban J connectivity index is 1.67. The van der Waals surface area contributed by atoms with E-state index in [4.69, 9.17) is 16.3 Å². The number of halogens is 1. The molecule has 1 N–H and O–H groups in total. The van der Waals surface area contributed by atoms with E-state index in [0.717, 1.165) is 17.6 Å². The summed E-state index contributed by atoms with van der Waals surface area (Å²) < 4.78 is 6.43. The van der Waals surface area contributed by atoms with Gasteiger partial charge in [-0.25, -0.2) is 0 Å². The van der Waals surface area contributed by atoms with Gasteiger partial charge < -0.3 is 10.1 Å². The van der Waals surface area contributed by atoms with Gasteiger partial charge in [0.15, 0.2) is 0 Å². The van der Waals surface area contributed by atoms with Gasteiger partial charge in [-0.1, -0.05) is 11.6 Å². The predicted octanol–water partition coefficient (Wildman–Crippen LogP) is 3.16. The van der Waals surface area contributed by atoms with E-state index in [0.29, 0.717) is 12.1 Å². The van der Waals surface area contributed by atoms with E-state index in [2.05, 4.69) is 11.4 Å². The maximum absolute atomic E-state index is 6.05. The molecule has 2 nitrogen and oxygen atoms in total. The van der Waals surface area contributed by atoms with Crippen LogP contribution in [0.2, 0.25) is 4.34 Å². The number of aryl methyl sites for hydroxylation is 1. The van der Waals surface area contributed by atoms with E-state index in [1.54, 1.807) is 11.3 Å². The van der Waals surface area contributed by atoms with Crippen LogP contribution in [0.4, 0.5) is 0 Å². The number of rotatable bonds is 2. The van der Waals surface area contributed by atoms with E-state index in [9.17, 15) is 0 Å². The fraction of sp³-hybridized carbons (Fsp3) is 0.667. The third-order valence-corrected chi connectivity index (χ3v) is 4.78. The Morgan fingerprint density at radius 3 is 3.19 bits per heavy atom. The molecule has 0 saturated carbocycles. The van der Waals surface area contributed by atoms with Crippen LogP contribution in [0, 0.1) is 0 Å². The van der Waals surface area contributed by atoms with Crippen molar-refractivity contribution in [3.05, 3.63) is 20.8 Å². The van der Waals surface area contributed by atoms with Crippen LogP contribution in [-0.4, -0.2) is 19.3 Å². The van der Waals surface area contributed by atoms with E-state index in [1.165, 1.54) is 36.1 Å². The molecule has 88 valence electrons. The van der Waals surface area contributed by atoms with Gasteiger partial charge in [-0.3, -0.25) is 0 Å². The Morgan fingerprint density at radius 1 is 1.44 bits per heavy atom. The van der Waals surface area contributed by atoms with Crippen LogP contribution in [-0.2, 0) is 11.2 Å². The average Bonchev–Trinajstić information content (AvgIpc) is 2.81. The van der Waals surface area contributed by atoms with Crippen LogP contribution >= 0.6 is 22.9 Å². The maximum Gasteiger partial charge on any atom is 0.0934 e. The lowest BCUT2D eigenvalue weighted by atomic mass is 10.1. The van der Waals surface area contributed by atoms with Crippen LogP contribution in [0.25, 0.3) is 0 Å². The Hall–Kier alpha value is -0.0900. The molecule has 16 heavy (non-hydrogen) atoms. The molecule has 2 atom stereocenters. The summed E-state index contributed by atoms with van der Waals surface area (Å²) in [6.45, 7) is 1.79. The highest BCUT2D eigenvalue weighted by Gasteiger charge is 2.27. The minimum Gasteiger partial charge on any atom is -0.380 e. The van der Waals surface area contributed by atoms with Crippen molar-refractivity contribution in [1.82, 2.24) is 5.32 Å². The number of ether oxygens (including phenoxy) is 1. The van der Waals surface area contributed by atoms with Gasteiger partial charge in [0.1, 0.15) is 0 Å². The molecule has 0 radical (unpaired) electrons. The molecule has 2 unspecified atom stereocenters. The second kappa shape index (κ2) is 4.65. The van der Waals surface area contributed by atoms with Crippen molar-refractivity contribution in [2.75, 3.05) is 13.2 Å². The first-order valence-electron chi connectivity index (χ1n) is 5.95. The maximum atomic E-state index is 6.05. The number of thiophene rings is 1. The molecule has 0 spiro atoms. The molecule has 1 fully saturated rings. The van der Waals surface area contributed by atoms with Crippen LogP contribution in [0.5, 0.6) is 0 Å². The van der Waals surface area contributed by atoms with Crippen molar-refractivity contribution in [3.63, 3.8) is 0 Å². The summed E-state index contributed by atoms with van der Waals surface area (Å²) >= 11 is 7.79. The summed E-state index contributed by atoms with van der Waals surface area (Å²) in [7, 11) is 0. The quantitative estimate of drug-likeness (QED) is 0.879. The normalized spacial score (nSPS) is 29.3. The molecular formula is C12H16ClNOS. The molecule has 0 aromatic carbocycles. The van der Waals surface area contributed by atoms with Crippen molar-refractivity contribution >= 4 is 22.9 Å². The second-order valence-electron chi connectivity index (χ2n) is 4.60. The third-order valence-electron chi connectivity index (χ3n) is 3.44. The molecule has 2 heterocycles. The summed E-state index contributed by atoms with van der Waals surface area (Å²) in [5, 5.41) is 3.71. The zero-order valence-corrected chi connectivity index (χ0v) is 10.7. The van der Waals surface area contributed by atoms with Gasteiger partial charge in [0.2, 0.25) is 0 Å². The summed E-state index contributed by atoms with van der Waals surface area (Å²) in [5.74, 6) is 0. The Morgan fingerprint density at radius 2 is 2.38 bits per heavy atom. The monoisotopic (exact) mass is 257 g/mol. The van der Waals surface area contributed by atoms with Crippen molar-refractivity contribution in [2.45, 2.75) is 37.8 Å². The number of hydrogen-bond donors (Lipinski definition) is 1. The van der Waals surface area contributed by atoms with Crippen molar-refractivity contribution in [1.29, 1.82) is 0 Å². The first kappa shape index (κ1) is 11.0. The third kappa shape index (κ3) is 2.14. The largest absolute Gasteiger partial charge is 0.380 e. The summed E-state index contributed by atoms with van der Waals surface area (Å²) in [4.78, 5) is 1.47. The molecule has 3 rings (SSSR count).